The van der Waals surface area contributed by atoms with Crippen molar-refractivity contribution in [3.8, 4) is 22.3 Å². The molecule has 148 valence electrons. The molecule has 0 saturated carbocycles. The van der Waals surface area contributed by atoms with Gasteiger partial charge in [-0.25, -0.2) is 0 Å². The summed E-state index contributed by atoms with van der Waals surface area (Å²) in [5, 5.41) is 15.4. The van der Waals surface area contributed by atoms with E-state index in [-0.39, 0.29) is 0 Å². The van der Waals surface area contributed by atoms with Crippen LogP contribution in [0.1, 0.15) is 16.7 Å². The molecule has 31 heavy (non-hydrogen) atoms. The Kier molecular flexibility index (Phi) is 4.04. The van der Waals surface area contributed by atoms with Gasteiger partial charge >= 0.3 is 0 Å². The third-order valence-corrected chi connectivity index (χ3v) is 6.60. The molecule has 1 N–H and O–H groups in total. The van der Waals surface area contributed by atoms with Crippen LogP contribution >= 0.6 is 11.6 Å². The smallest absolute Gasteiger partial charge is 0.142 e. The van der Waals surface area contributed by atoms with Gasteiger partial charge < -0.3 is 5.11 Å². The first-order valence-electron chi connectivity index (χ1n) is 10.4. The second kappa shape index (κ2) is 6.81. The minimum Gasteiger partial charge on any atom is -0.376 e. The average molecular weight is 419 g/mol. The molecule has 1 nitrogen and oxygen atoms in total. The maximum atomic E-state index is 12.5. The Hall–Kier alpha value is -3.39. The fourth-order valence-corrected chi connectivity index (χ4v) is 5.17. The zero-order valence-electron chi connectivity index (χ0n) is 16.7. The summed E-state index contributed by atoms with van der Waals surface area (Å²) >= 11 is 6.44. The molecule has 1 aliphatic carbocycles. The third-order valence-electron chi connectivity index (χ3n) is 6.36. The molecule has 0 radical (unpaired) electrons. The second-order valence-electron chi connectivity index (χ2n) is 8.02. The first-order chi connectivity index (χ1) is 15.2. The molecule has 6 rings (SSSR count). The van der Waals surface area contributed by atoms with E-state index in [1.807, 2.05) is 66.7 Å². The molecule has 0 heterocycles. The standard InChI is InChI=1S/C29H19ClO/c30-21-15-16-24-27(18-21)29(31,26-17-14-20-10-4-5-12-23(20)28(24)26)25-13-7-6-11-22(25)19-8-2-1-3-9-19/h1-18,31H. The number of aliphatic hydroxyl groups is 1. The largest absolute Gasteiger partial charge is 0.376 e. The van der Waals surface area contributed by atoms with E-state index in [0.29, 0.717) is 5.02 Å². The molecule has 0 aliphatic heterocycles. The summed E-state index contributed by atoms with van der Waals surface area (Å²) in [6.45, 7) is 0. The lowest BCUT2D eigenvalue weighted by molar-refractivity contribution is 0.131. The second-order valence-corrected chi connectivity index (χ2v) is 8.46. The lowest BCUT2D eigenvalue weighted by Gasteiger charge is -2.29. The van der Waals surface area contributed by atoms with Crippen LogP contribution in [0.25, 0.3) is 33.0 Å². The van der Waals surface area contributed by atoms with E-state index >= 15 is 0 Å². The van der Waals surface area contributed by atoms with Gasteiger partial charge in [0.1, 0.15) is 5.60 Å². The molecule has 0 fully saturated rings. The zero-order valence-corrected chi connectivity index (χ0v) is 17.5. The van der Waals surface area contributed by atoms with Crippen LogP contribution in [-0.2, 0) is 5.60 Å². The van der Waals surface area contributed by atoms with Crippen LogP contribution in [-0.4, -0.2) is 5.11 Å². The predicted molar refractivity (Wildman–Crippen MR) is 128 cm³/mol. The summed E-state index contributed by atoms with van der Waals surface area (Å²) in [6.07, 6.45) is 0. The van der Waals surface area contributed by atoms with Crippen LogP contribution in [0.5, 0.6) is 0 Å². The van der Waals surface area contributed by atoms with Gasteiger partial charge in [-0.3, -0.25) is 0 Å². The lowest BCUT2D eigenvalue weighted by Crippen LogP contribution is -2.27. The Morgan fingerprint density at radius 2 is 1.32 bits per heavy atom. The van der Waals surface area contributed by atoms with Crippen LogP contribution in [0.2, 0.25) is 5.02 Å². The summed E-state index contributed by atoms with van der Waals surface area (Å²) in [5.41, 5.74) is 5.48. The van der Waals surface area contributed by atoms with Crippen molar-refractivity contribution in [1.82, 2.24) is 0 Å². The van der Waals surface area contributed by atoms with Gasteiger partial charge in [0.25, 0.3) is 0 Å². The highest BCUT2D eigenvalue weighted by atomic mass is 35.5. The average Bonchev–Trinajstić information content (AvgIpc) is 3.09. The van der Waals surface area contributed by atoms with E-state index in [1.165, 1.54) is 0 Å². The van der Waals surface area contributed by atoms with Gasteiger partial charge in [0.2, 0.25) is 0 Å². The van der Waals surface area contributed by atoms with Crippen molar-refractivity contribution in [3.05, 3.63) is 131 Å². The number of hydrogen-bond acceptors (Lipinski definition) is 1. The molecule has 0 saturated heterocycles. The van der Waals surface area contributed by atoms with Gasteiger partial charge in [0.05, 0.1) is 0 Å². The highest BCUT2D eigenvalue weighted by Crippen LogP contribution is 2.55. The van der Waals surface area contributed by atoms with Crippen molar-refractivity contribution < 1.29 is 5.11 Å². The van der Waals surface area contributed by atoms with Gasteiger partial charge in [-0.15, -0.1) is 0 Å². The van der Waals surface area contributed by atoms with Gasteiger partial charge in [-0.05, 0) is 45.2 Å². The summed E-state index contributed by atoms with van der Waals surface area (Å²) in [7, 11) is 0. The molecule has 1 aliphatic rings. The fourth-order valence-electron chi connectivity index (χ4n) is 5.00. The van der Waals surface area contributed by atoms with Crippen molar-refractivity contribution in [2.75, 3.05) is 0 Å². The first-order valence-corrected chi connectivity index (χ1v) is 10.8. The van der Waals surface area contributed by atoms with Crippen LogP contribution in [0.3, 0.4) is 0 Å². The minimum atomic E-state index is -1.30. The van der Waals surface area contributed by atoms with E-state index in [4.69, 9.17) is 11.6 Å². The Morgan fingerprint density at radius 1 is 0.581 bits per heavy atom. The summed E-state index contributed by atoms with van der Waals surface area (Å²) < 4.78 is 0. The summed E-state index contributed by atoms with van der Waals surface area (Å²) in [4.78, 5) is 0. The number of benzene rings is 5. The maximum absolute atomic E-state index is 12.5. The van der Waals surface area contributed by atoms with Crippen molar-refractivity contribution in [2.24, 2.45) is 0 Å². The fraction of sp³-hybridized carbons (Fsp3) is 0.0345. The molecular weight excluding hydrogens is 400 g/mol. The zero-order chi connectivity index (χ0) is 21.0. The summed E-state index contributed by atoms with van der Waals surface area (Å²) in [6, 6.07) is 36.7. The van der Waals surface area contributed by atoms with Gasteiger partial charge in [0, 0.05) is 21.7 Å². The monoisotopic (exact) mass is 418 g/mol. The number of halogens is 1. The normalized spacial score (nSPS) is 16.8. The number of fused-ring (bicyclic) bond motifs is 5. The molecule has 2 heteroatoms. The highest BCUT2D eigenvalue weighted by Gasteiger charge is 2.45. The maximum Gasteiger partial charge on any atom is 0.142 e. The van der Waals surface area contributed by atoms with Crippen molar-refractivity contribution in [2.45, 2.75) is 5.60 Å². The van der Waals surface area contributed by atoms with Crippen LogP contribution in [0, 0.1) is 0 Å². The molecule has 5 aromatic rings. The quantitative estimate of drug-likeness (QED) is 0.316. The molecule has 1 atom stereocenters. The number of rotatable bonds is 2. The van der Waals surface area contributed by atoms with Crippen molar-refractivity contribution >= 4 is 22.4 Å². The van der Waals surface area contributed by atoms with E-state index in [2.05, 4.69) is 42.5 Å². The summed E-state index contributed by atoms with van der Waals surface area (Å²) in [5.74, 6) is 0. The van der Waals surface area contributed by atoms with Gasteiger partial charge in [-0.2, -0.15) is 0 Å². The van der Waals surface area contributed by atoms with Crippen molar-refractivity contribution in [3.63, 3.8) is 0 Å². The van der Waals surface area contributed by atoms with Gasteiger partial charge in [0.15, 0.2) is 0 Å². The third kappa shape index (κ3) is 2.61. The van der Waals surface area contributed by atoms with Crippen molar-refractivity contribution in [1.29, 1.82) is 0 Å². The molecule has 1 unspecified atom stereocenters. The molecule has 0 aromatic heterocycles. The Balaban J connectivity index is 1.74. The Labute approximate surface area is 186 Å². The molecule has 5 aromatic carbocycles. The van der Waals surface area contributed by atoms with Gasteiger partial charge in [-0.1, -0.05) is 109 Å². The first kappa shape index (κ1) is 18.4. The van der Waals surface area contributed by atoms with E-state index in [0.717, 1.165) is 49.7 Å². The Bertz CT molecular complexity index is 1450. The predicted octanol–water partition coefficient (Wildman–Crippen LogP) is 7.42. The van der Waals surface area contributed by atoms with E-state index < -0.39 is 5.60 Å². The highest BCUT2D eigenvalue weighted by molar-refractivity contribution is 6.30. The minimum absolute atomic E-state index is 0.617. The van der Waals surface area contributed by atoms with Crippen LogP contribution < -0.4 is 0 Å². The molecular formula is C29H19ClO. The van der Waals surface area contributed by atoms with Crippen LogP contribution in [0.4, 0.5) is 0 Å². The lowest BCUT2D eigenvalue weighted by atomic mass is 9.80. The SMILES string of the molecule is OC1(c2ccccc2-c2ccccc2)c2cc(Cl)ccc2-c2c1ccc1ccccc21. The molecule has 0 spiro atoms. The molecule has 0 bridgehead atoms. The Morgan fingerprint density at radius 3 is 2.19 bits per heavy atom. The number of hydrogen-bond donors (Lipinski definition) is 1. The topological polar surface area (TPSA) is 20.2 Å². The van der Waals surface area contributed by atoms with E-state index in [9.17, 15) is 5.11 Å². The van der Waals surface area contributed by atoms with Crippen LogP contribution in [0.15, 0.2) is 109 Å². The van der Waals surface area contributed by atoms with E-state index in [1.54, 1.807) is 0 Å². The molecule has 0 amide bonds.